The molecule has 1 unspecified atom stereocenters. The maximum atomic E-state index is 11.8. The molecule has 1 aromatic carbocycles. The molecular formula is C19H19N5O3. The Morgan fingerprint density at radius 1 is 1.41 bits per heavy atom. The van der Waals surface area contributed by atoms with E-state index in [1.807, 2.05) is 0 Å². The van der Waals surface area contributed by atoms with Gasteiger partial charge in [-0.2, -0.15) is 0 Å². The van der Waals surface area contributed by atoms with E-state index in [2.05, 4.69) is 21.8 Å². The van der Waals surface area contributed by atoms with E-state index in [-0.39, 0.29) is 23.8 Å². The van der Waals surface area contributed by atoms with Crippen LogP contribution in [-0.4, -0.2) is 51.0 Å². The molecule has 1 aromatic heterocycles. The lowest BCUT2D eigenvalue weighted by Gasteiger charge is -2.32. The van der Waals surface area contributed by atoms with Gasteiger partial charge in [0.1, 0.15) is 5.60 Å². The van der Waals surface area contributed by atoms with Gasteiger partial charge in [-0.3, -0.25) is 9.59 Å². The Hall–Kier alpha value is -3.44. The van der Waals surface area contributed by atoms with Gasteiger partial charge in [-0.1, -0.05) is 24.0 Å². The van der Waals surface area contributed by atoms with Crippen molar-refractivity contribution in [3.05, 3.63) is 41.7 Å². The summed E-state index contributed by atoms with van der Waals surface area (Å²) in [5.41, 5.74) is 11.2. The number of carbonyl (C=O) groups is 2. The van der Waals surface area contributed by atoms with Crippen molar-refractivity contribution in [3.8, 4) is 23.1 Å². The summed E-state index contributed by atoms with van der Waals surface area (Å²) in [6.07, 6.45) is 1.81. The second-order valence-electron chi connectivity index (χ2n) is 6.46. The third kappa shape index (κ3) is 4.04. The van der Waals surface area contributed by atoms with Crippen LogP contribution >= 0.6 is 0 Å². The minimum absolute atomic E-state index is 0.0262. The highest BCUT2D eigenvalue weighted by Crippen LogP contribution is 2.23. The molecule has 5 N–H and O–H groups in total. The second kappa shape index (κ2) is 7.05. The smallest absolute Gasteiger partial charge is 0.271 e. The maximum Gasteiger partial charge on any atom is 0.271 e. The van der Waals surface area contributed by atoms with Crippen LogP contribution in [0.25, 0.3) is 11.3 Å². The summed E-state index contributed by atoms with van der Waals surface area (Å²) in [4.78, 5) is 32.9. The monoisotopic (exact) mass is 365 g/mol. The number of nitrogens with two attached hydrogens (primary N) is 2. The maximum absolute atomic E-state index is 11.8. The van der Waals surface area contributed by atoms with Gasteiger partial charge in [0.25, 0.3) is 5.91 Å². The van der Waals surface area contributed by atoms with Gasteiger partial charge < -0.3 is 21.5 Å². The van der Waals surface area contributed by atoms with Crippen LogP contribution in [0.1, 0.15) is 28.9 Å². The van der Waals surface area contributed by atoms with Crippen LogP contribution in [0.4, 0.5) is 5.82 Å². The Labute approximate surface area is 156 Å². The highest BCUT2D eigenvalue weighted by molar-refractivity contribution is 5.95. The molecule has 0 bridgehead atoms. The fourth-order valence-corrected chi connectivity index (χ4v) is 2.72. The van der Waals surface area contributed by atoms with Crippen molar-refractivity contribution in [2.24, 2.45) is 5.73 Å². The SMILES string of the molecule is CN1CCC(O)(C#Cc2cccc(-c3cnc(N)c(C(N)=O)n3)c2)CC1=O. The number of likely N-dealkylation sites (tertiary alicyclic amines) is 1. The number of benzene rings is 1. The highest BCUT2D eigenvalue weighted by Gasteiger charge is 2.34. The lowest BCUT2D eigenvalue weighted by Crippen LogP contribution is -2.45. The van der Waals surface area contributed by atoms with Crippen LogP contribution in [0.15, 0.2) is 30.5 Å². The Bertz CT molecular complexity index is 979. The zero-order valence-corrected chi connectivity index (χ0v) is 14.8. The van der Waals surface area contributed by atoms with E-state index in [9.17, 15) is 14.7 Å². The van der Waals surface area contributed by atoms with Gasteiger partial charge in [-0.15, -0.1) is 0 Å². The Morgan fingerprint density at radius 2 is 2.19 bits per heavy atom. The fourth-order valence-electron chi connectivity index (χ4n) is 2.72. The number of hydrogen-bond donors (Lipinski definition) is 3. The number of piperidine rings is 1. The summed E-state index contributed by atoms with van der Waals surface area (Å²) in [5, 5.41) is 10.5. The van der Waals surface area contributed by atoms with E-state index in [0.717, 1.165) is 0 Å². The first-order valence-electron chi connectivity index (χ1n) is 8.30. The molecule has 1 saturated heterocycles. The number of nitrogen functional groups attached to an aromatic ring is 1. The molecule has 1 aliphatic heterocycles. The van der Waals surface area contributed by atoms with Gasteiger partial charge in [-0.25, -0.2) is 9.97 Å². The molecule has 2 aromatic rings. The average Bonchev–Trinajstić information content (AvgIpc) is 2.64. The molecule has 8 nitrogen and oxygen atoms in total. The number of amides is 2. The summed E-state index contributed by atoms with van der Waals surface area (Å²) in [6.45, 7) is 0.459. The molecule has 3 rings (SSSR count). The first-order chi connectivity index (χ1) is 12.8. The lowest BCUT2D eigenvalue weighted by molar-refractivity contribution is -0.138. The van der Waals surface area contributed by atoms with E-state index >= 15 is 0 Å². The van der Waals surface area contributed by atoms with Crippen molar-refractivity contribution in [2.45, 2.75) is 18.4 Å². The summed E-state index contributed by atoms with van der Waals surface area (Å²) in [5.74, 6) is 4.80. The standard InChI is InChI=1S/C19H19N5O3/c1-24-8-7-19(27,10-15(24)25)6-5-12-3-2-4-13(9-12)14-11-22-17(20)16(23-14)18(21)26/h2-4,9,11,27H,7-8,10H2,1H3,(H2,20,22)(H2,21,26). The number of hydrogen-bond acceptors (Lipinski definition) is 6. The van der Waals surface area contributed by atoms with E-state index in [0.29, 0.717) is 29.8 Å². The number of nitrogens with zero attached hydrogens (tertiary/aromatic N) is 3. The summed E-state index contributed by atoms with van der Waals surface area (Å²) < 4.78 is 0. The quantitative estimate of drug-likeness (QED) is 0.649. The second-order valence-corrected chi connectivity index (χ2v) is 6.46. The zero-order valence-electron chi connectivity index (χ0n) is 14.8. The van der Waals surface area contributed by atoms with Crippen LogP contribution in [0.3, 0.4) is 0 Å². The van der Waals surface area contributed by atoms with Gasteiger partial charge >= 0.3 is 0 Å². The minimum atomic E-state index is -1.33. The van der Waals surface area contributed by atoms with Crippen LogP contribution in [-0.2, 0) is 4.79 Å². The summed E-state index contributed by atoms with van der Waals surface area (Å²) in [7, 11) is 1.70. The summed E-state index contributed by atoms with van der Waals surface area (Å²) in [6, 6.07) is 7.07. The van der Waals surface area contributed by atoms with E-state index in [1.165, 1.54) is 6.20 Å². The first kappa shape index (κ1) is 18.4. The lowest BCUT2D eigenvalue weighted by atomic mass is 9.91. The zero-order chi connectivity index (χ0) is 19.6. The van der Waals surface area contributed by atoms with Crippen molar-refractivity contribution in [1.82, 2.24) is 14.9 Å². The molecule has 8 heteroatoms. The third-order valence-corrected chi connectivity index (χ3v) is 4.36. The van der Waals surface area contributed by atoms with E-state index < -0.39 is 11.5 Å². The molecule has 0 radical (unpaired) electrons. The van der Waals surface area contributed by atoms with Crippen molar-refractivity contribution in [1.29, 1.82) is 0 Å². The fraction of sp³-hybridized carbons (Fsp3) is 0.263. The van der Waals surface area contributed by atoms with Gasteiger partial charge in [-0.05, 0) is 12.1 Å². The predicted octanol–water partition coefficient (Wildman–Crippen LogP) is 0.159. The number of anilines is 1. The van der Waals surface area contributed by atoms with E-state index in [4.69, 9.17) is 11.5 Å². The molecule has 1 aliphatic rings. The van der Waals surface area contributed by atoms with Crippen molar-refractivity contribution < 1.29 is 14.7 Å². The number of rotatable bonds is 2. The number of aromatic nitrogens is 2. The van der Waals surface area contributed by atoms with Crippen molar-refractivity contribution >= 4 is 17.6 Å². The Balaban J connectivity index is 1.89. The Kier molecular flexibility index (Phi) is 4.79. The molecule has 0 spiro atoms. The molecule has 2 amide bonds. The van der Waals surface area contributed by atoms with Gasteiger partial charge in [0.2, 0.25) is 5.91 Å². The van der Waals surface area contributed by atoms with Crippen molar-refractivity contribution in [2.75, 3.05) is 19.3 Å². The highest BCUT2D eigenvalue weighted by atomic mass is 16.3. The molecular weight excluding hydrogens is 346 g/mol. The topological polar surface area (TPSA) is 135 Å². The van der Waals surface area contributed by atoms with Crippen LogP contribution in [0.2, 0.25) is 0 Å². The number of primary amides is 1. The number of carbonyl (C=O) groups excluding carboxylic acids is 2. The largest absolute Gasteiger partial charge is 0.382 e. The molecule has 1 fully saturated rings. The minimum Gasteiger partial charge on any atom is -0.382 e. The van der Waals surface area contributed by atoms with Crippen LogP contribution in [0.5, 0.6) is 0 Å². The number of aliphatic hydroxyl groups is 1. The normalized spacial score (nSPS) is 19.3. The van der Waals surface area contributed by atoms with Gasteiger partial charge in [0, 0.05) is 31.1 Å². The Morgan fingerprint density at radius 3 is 2.89 bits per heavy atom. The van der Waals surface area contributed by atoms with Gasteiger partial charge in [0.15, 0.2) is 11.5 Å². The van der Waals surface area contributed by atoms with Crippen LogP contribution < -0.4 is 11.5 Å². The van der Waals surface area contributed by atoms with Crippen LogP contribution in [0, 0.1) is 11.8 Å². The molecule has 0 aliphatic carbocycles. The molecule has 138 valence electrons. The molecule has 0 saturated carbocycles. The van der Waals surface area contributed by atoms with Gasteiger partial charge in [0.05, 0.1) is 18.3 Å². The first-order valence-corrected chi connectivity index (χ1v) is 8.30. The van der Waals surface area contributed by atoms with E-state index in [1.54, 1.807) is 36.2 Å². The predicted molar refractivity (Wildman–Crippen MR) is 99.1 cm³/mol. The summed E-state index contributed by atoms with van der Waals surface area (Å²) >= 11 is 0. The molecule has 27 heavy (non-hydrogen) atoms. The third-order valence-electron chi connectivity index (χ3n) is 4.36. The van der Waals surface area contributed by atoms with Crippen molar-refractivity contribution in [3.63, 3.8) is 0 Å². The molecule has 1 atom stereocenters. The molecule has 2 heterocycles. The average molecular weight is 365 g/mol.